The fraction of sp³-hybridized carbons (Fsp3) is 0.400. The molecule has 2 aliphatic rings. The highest BCUT2D eigenvalue weighted by atomic mass is 16.5. The Morgan fingerprint density at radius 3 is 2.87 bits per heavy atom. The van der Waals surface area contributed by atoms with Crippen LogP contribution in [0, 0.1) is 5.41 Å². The molecule has 1 aliphatic heterocycles. The third kappa shape index (κ3) is 3.13. The van der Waals surface area contributed by atoms with Crippen LogP contribution in [0.4, 0.5) is 0 Å². The molecule has 5 nitrogen and oxygen atoms in total. The number of rotatable bonds is 5. The summed E-state index contributed by atoms with van der Waals surface area (Å²) in [6.07, 6.45) is 4.59. The quantitative estimate of drug-likeness (QED) is 0.639. The monoisotopic (exact) mass is 403 g/mol. The third-order valence-electron chi connectivity index (χ3n) is 7.11. The number of piperidine rings is 1. The molecule has 0 radical (unpaired) electrons. The Morgan fingerprint density at radius 1 is 1.23 bits per heavy atom. The minimum Gasteiger partial charge on any atom is -0.460 e. The summed E-state index contributed by atoms with van der Waals surface area (Å²) in [5, 5.41) is 1.34. The number of likely N-dealkylation sites (tertiary alicyclic amines) is 1. The molecule has 0 saturated carbocycles. The molecule has 0 unspecified atom stereocenters. The van der Waals surface area contributed by atoms with Crippen LogP contribution in [0.25, 0.3) is 10.9 Å². The molecule has 1 aliphatic carbocycles. The summed E-state index contributed by atoms with van der Waals surface area (Å²) in [5.74, 6) is 0.181. The highest BCUT2D eigenvalue weighted by Gasteiger charge is 2.50. The number of benzene rings is 2. The minimum atomic E-state index is -0.574. The maximum atomic E-state index is 13.4. The van der Waals surface area contributed by atoms with Gasteiger partial charge < -0.3 is 20.4 Å². The standard InChI is InChI=1S/C25H29N3O2/c1-28-16-25(10-11-26,24(29)30-15-17-6-3-2-4-7-17)13-20-19-8-5-9-21-23(19)18(14-27-21)12-22(20)28/h2-9,14,20,22,27H,10-13,15-16,26H2,1H3/t20-,22-,25+/m1/s1. The number of hydrogen-bond donors (Lipinski definition) is 2. The molecular weight excluding hydrogens is 374 g/mol. The molecule has 1 aromatic heterocycles. The number of esters is 1. The molecule has 156 valence electrons. The zero-order chi connectivity index (χ0) is 20.7. The summed E-state index contributed by atoms with van der Waals surface area (Å²) in [6, 6.07) is 16.8. The molecule has 3 N–H and O–H groups in total. The van der Waals surface area contributed by atoms with Crippen molar-refractivity contribution in [1.82, 2.24) is 9.88 Å². The molecule has 5 heteroatoms. The smallest absolute Gasteiger partial charge is 0.313 e. The van der Waals surface area contributed by atoms with E-state index in [1.807, 2.05) is 30.3 Å². The van der Waals surface area contributed by atoms with Gasteiger partial charge in [-0.2, -0.15) is 0 Å². The van der Waals surface area contributed by atoms with Gasteiger partial charge in [0.05, 0.1) is 5.41 Å². The van der Waals surface area contributed by atoms with Crippen LogP contribution in [-0.2, 0) is 22.6 Å². The molecule has 1 saturated heterocycles. The van der Waals surface area contributed by atoms with Gasteiger partial charge in [-0.1, -0.05) is 42.5 Å². The summed E-state index contributed by atoms with van der Waals surface area (Å²) >= 11 is 0. The van der Waals surface area contributed by atoms with E-state index in [9.17, 15) is 4.79 Å². The molecule has 30 heavy (non-hydrogen) atoms. The van der Waals surface area contributed by atoms with Gasteiger partial charge in [-0.05, 0) is 55.6 Å². The van der Waals surface area contributed by atoms with E-state index < -0.39 is 5.41 Å². The zero-order valence-electron chi connectivity index (χ0n) is 17.4. The van der Waals surface area contributed by atoms with E-state index in [2.05, 4.69) is 41.3 Å². The molecule has 2 aromatic carbocycles. The normalized spacial score (nSPS) is 25.8. The first kappa shape index (κ1) is 19.3. The average Bonchev–Trinajstić information content (AvgIpc) is 3.18. The average molecular weight is 404 g/mol. The van der Waals surface area contributed by atoms with Gasteiger partial charge >= 0.3 is 5.97 Å². The summed E-state index contributed by atoms with van der Waals surface area (Å²) in [5.41, 5.74) is 10.4. The molecule has 2 heterocycles. The van der Waals surface area contributed by atoms with Crippen molar-refractivity contribution in [2.75, 3.05) is 20.1 Å². The maximum Gasteiger partial charge on any atom is 0.313 e. The molecular formula is C25H29N3O2. The van der Waals surface area contributed by atoms with Gasteiger partial charge in [0.1, 0.15) is 6.61 Å². The second kappa shape index (κ2) is 7.56. The lowest BCUT2D eigenvalue weighted by Gasteiger charge is -2.50. The fourth-order valence-corrected chi connectivity index (χ4v) is 5.70. The zero-order valence-corrected chi connectivity index (χ0v) is 17.4. The van der Waals surface area contributed by atoms with Crippen molar-refractivity contribution in [2.24, 2.45) is 11.1 Å². The predicted molar refractivity (Wildman–Crippen MR) is 118 cm³/mol. The Labute approximate surface area is 177 Å². The van der Waals surface area contributed by atoms with Crippen LogP contribution in [0.1, 0.15) is 35.4 Å². The molecule has 0 amide bonds. The largest absolute Gasteiger partial charge is 0.460 e. The van der Waals surface area contributed by atoms with Crippen molar-refractivity contribution in [3.05, 3.63) is 71.4 Å². The molecule has 3 aromatic rings. The number of nitrogens with zero attached hydrogens (tertiary/aromatic N) is 1. The predicted octanol–water partition coefficient (Wildman–Crippen LogP) is 3.59. The topological polar surface area (TPSA) is 71.3 Å². The molecule has 5 rings (SSSR count). The maximum absolute atomic E-state index is 13.4. The minimum absolute atomic E-state index is 0.117. The second-order valence-electron chi connectivity index (χ2n) is 8.96. The van der Waals surface area contributed by atoms with Crippen molar-refractivity contribution in [2.45, 2.75) is 37.8 Å². The Kier molecular flexibility index (Phi) is 4.88. The second-order valence-corrected chi connectivity index (χ2v) is 8.96. The van der Waals surface area contributed by atoms with Crippen LogP contribution in [0.2, 0.25) is 0 Å². The summed E-state index contributed by atoms with van der Waals surface area (Å²) < 4.78 is 5.85. The van der Waals surface area contributed by atoms with Gasteiger partial charge in [-0.25, -0.2) is 0 Å². The van der Waals surface area contributed by atoms with Gasteiger partial charge in [-0.3, -0.25) is 4.79 Å². The Balaban J connectivity index is 1.46. The van der Waals surface area contributed by atoms with Gasteiger partial charge in [0.15, 0.2) is 0 Å². The van der Waals surface area contributed by atoms with Gasteiger partial charge in [0, 0.05) is 35.6 Å². The number of carbonyl (C=O) groups excluding carboxylic acids is 1. The SMILES string of the molecule is CN1C[C@@](CCN)(C(=O)OCc2ccccc2)C[C@@H]2c3cccc4[nH]cc(c34)C[C@H]21. The third-order valence-corrected chi connectivity index (χ3v) is 7.11. The first-order valence-corrected chi connectivity index (χ1v) is 10.8. The molecule has 1 fully saturated rings. The number of aromatic amines is 1. The van der Waals surface area contributed by atoms with Crippen LogP contribution < -0.4 is 5.73 Å². The Morgan fingerprint density at radius 2 is 2.07 bits per heavy atom. The summed E-state index contributed by atoms with van der Waals surface area (Å²) in [4.78, 5) is 19.2. The Bertz CT molecular complexity index is 1060. The van der Waals surface area contributed by atoms with Crippen LogP contribution >= 0.6 is 0 Å². The number of nitrogens with two attached hydrogens (primary N) is 1. The number of H-pyrrole nitrogens is 1. The lowest BCUT2D eigenvalue weighted by molar-refractivity contribution is -0.163. The number of likely N-dealkylation sites (N-methyl/N-ethyl adjacent to an activating group) is 1. The van der Waals surface area contributed by atoms with Gasteiger partial charge in [-0.15, -0.1) is 0 Å². The first-order valence-electron chi connectivity index (χ1n) is 10.8. The summed E-state index contributed by atoms with van der Waals surface area (Å²) in [7, 11) is 2.14. The van der Waals surface area contributed by atoms with Crippen molar-refractivity contribution in [1.29, 1.82) is 0 Å². The first-order chi connectivity index (χ1) is 14.6. The number of aromatic nitrogens is 1. The van der Waals surface area contributed by atoms with E-state index in [4.69, 9.17) is 10.5 Å². The van der Waals surface area contributed by atoms with Crippen molar-refractivity contribution in [3.63, 3.8) is 0 Å². The van der Waals surface area contributed by atoms with Crippen LogP contribution in [0.15, 0.2) is 54.7 Å². The number of fused-ring (bicyclic) bond motifs is 2. The molecule has 0 spiro atoms. The number of hydrogen-bond acceptors (Lipinski definition) is 4. The van der Waals surface area contributed by atoms with E-state index >= 15 is 0 Å². The van der Waals surface area contributed by atoms with Crippen molar-refractivity contribution < 1.29 is 9.53 Å². The lowest BCUT2D eigenvalue weighted by atomic mass is 9.65. The van der Waals surface area contributed by atoms with Crippen LogP contribution in [0.5, 0.6) is 0 Å². The van der Waals surface area contributed by atoms with Gasteiger partial charge in [0.25, 0.3) is 0 Å². The van der Waals surface area contributed by atoms with Gasteiger partial charge in [0.2, 0.25) is 0 Å². The van der Waals surface area contributed by atoms with E-state index in [0.717, 1.165) is 18.4 Å². The van der Waals surface area contributed by atoms with E-state index in [0.29, 0.717) is 38.1 Å². The van der Waals surface area contributed by atoms with Crippen LogP contribution in [0.3, 0.4) is 0 Å². The fourth-order valence-electron chi connectivity index (χ4n) is 5.70. The van der Waals surface area contributed by atoms with Crippen molar-refractivity contribution in [3.8, 4) is 0 Å². The van der Waals surface area contributed by atoms with E-state index in [1.165, 1.54) is 22.0 Å². The Hall–Kier alpha value is -2.63. The number of nitrogens with one attached hydrogen (secondary N) is 1. The van der Waals surface area contributed by atoms with Crippen molar-refractivity contribution >= 4 is 16.9 Å². The molecule has 0 bridgehead atoms. The highest BCUT2D eigenvalue weighted by molar-refractivity contribution is 5.88. The van der Waals surface area contributed by atoms with Crippen LogP contribution in [-0.4, -0.2) is 42.0 Å². The highest BCUT2D eigenvalue weighted by Crippen LogP contribution is 2.49. The van der Waals surface area contributed by atoms with E-state index in [1.54, 1.807) is 0 Å². The number of ether oxygens (including phenoxy) is 1. The van der Waals surface area contributed by atoms with E-state index in [-0.39, 0.29) is 5.97 Å². The molecule has 3 atom stereocenters. The number of carbonyl (C=O) groups is 1. The lowest BCUT2D eigenvalue weighted by Crippen LogP contribution is -2.56. The summed E-state index contributed by atoms with van der Waals surface area (Å²) in [6.45, 7) is 1.47.